The van der Waals surface area contributed by atoms with E-state index in [1.165, 1.54) is 30.4 Å². The van der Waals surface area contributed by atoms with Gasteiger partial charge >= 0.3 is 0 Å². The average molecular weight is 163 g/mol. The van der Waals surface area contributed by atoms with E-state index in [1.54, 1.807) is 0 Å². The van der Waals surface area contributed by atoms with Gasteiger partial charge in [0.15, 0.2) is 0 Å². The van der Waals surface area contributed by atoms with Crippen LogP contribution in [0.3, 0.4) is 0 Å². The van der Waals surface area contributed by atoms with E-state index in [1.807, 2.05) is 0 Å². The molecule has 0 saturated carbocycles. The van der Waals surface area contributed by atoms with Gasteiger partial charge in [-0.25, -0.2) is 0 Å². The van der Waals surface area contributed by atoms with E-state index in [2.05, 4.69) is 31.2 Å². The van der Waals surface area contributed by atoms with E-state index in [-0.39, 0.29) is 0 Å². The van der Waals surface area contributed by atoms with Crippen LogP contribution in [0.5, 0.6) is 0 Å². The molecule has 1 aromatic carbocycles. The first kappa shape index (κ1) is 9.27. The second kappa shape index (κ2) is 4.94. The minimum atomic E-state index is 0.667. The molecule has 1 nitrogen and oxygen atoms in total. The quantitative estimate of drug-likeness (QED) is 0.725. The van der Waals surface area contributed by atoms with Crippen LogP contribution in [0.15, 0.2) is 24.3 Å². The van der Waals surface area contributed by atoms with Crippen LogP contribution in [-0.2, 0) is 13.0 Å². The van der Waals surface area contributed by atoms with E-state index in [9.17, 15) is 0 Å². The third-order valence-electron chi connectivity index (χ3n) is 2.14. The summed E-state index contributed by atoms with van der Waals surface area (Å²) in [5.74, 6) is 0. The molecule has 0 aliphatic carbocycles. The largest absolute Gasteiger partial charge is 0.326 e. The Bertz CT molecular complexity index is 230. The van der Waals surface area contributed by atoms with E-state index >= 15 is 0 Å². The zero-order valence-corrected chi connectivity index (χ0v) is 7.72. The number of unbranched alkanes of at least 4 members (excludes halogenated alkanes) is 1. The molecule has 0 bridgehead atoms. The van der Waals surface area contributed by atoms with Crippen LogP contribution in [0.2, 0.25) is 0 Å². The predicted octanol–water partition coefficient (Wildman–Crippen LogP) is 2.49. The minimum Gasteiger partial charge on any atom is -0.326 e. The monoisotopic (exact) mass is 163 g/mol. The highest BCUT2D eigenvalue weighted by Gasteiger charge is 1.97. The van der Waals surface area contributed by atoms with Crippen molar-refractivity contribution in [3.63, 3.8) is 0 Å². The van der Waals surface area contributed by atoms with Gasteiger partial charge in [0.1, 0.15) is 0 Å². The lowest BCUT2D eigenvalue weighted by Crippen LogP contribution is -2.00. The predicted molar refractivity (Wildman–Crippen MR) is 52.9 cm³/mol. The Labute approximate surface area is 74.6 Å². The number of rotatable bonds is 4. The minimum absolute atomic E-state index is 0.667. The average Bonchev–Trinajstić information content (AvgIpc) is 2.15. The maximum absolute atomic E-state index is 5.62. The van der Waals surface area contributed by atoms with Crippen LogP contribution in [0.4, 0.5) is 0 Å². The number of benzene rings is 1. The smallest absolute Gasteiger partial charge is 0.0180 e. The van der Waals surface area contributed by atoms with E-state index in [4.69, 9.17) is 5.73 Å². The van der Waals surface area contributed by atoms with Crippen LogP contribution in [0.25, 0.3) is 0 Å². The highest BCUT2D eigenvalue weighted by molar-refractivity contribution is 5.26. The second-order valence-electron chi connectivity index (χ2n) is 3.08. The van der Waals surface area contributed by atoms with Gasteiger partial charge in [-0.15, -0.1) is 0 Å². The molecule has 1 heteroatoms. The van der Waals surface area contributed by atoms with Crippen LogP contribution < -0.4 is 5.73 Å². The molecule has 0 aliphatic heterocycles. The fourth-order valence-corrected chi connectivity index (χ4v) is 1.37. The van der Waals surface area contributed by atoms with Crippen molar-refractivity contribution >= 4 is 0 Å². The van der Waals surface area contributed by atoms with Crippen molar-refractivity contribution in [3.8, 4) is 0 Å². The molecule has 0 atom stereocenters. The van der Waals surface area contributed by atoms with Gasteiger partial charge in [-0.2, -0.15) is 0 Å². The van der Waals surface area contributed by atoms with Crippen molar-refractivity contribution in [1.82, 2.24) is 0 Å². The first-order valence-electron chi connectivity index (χ1n) is 4.65. The third kappa shape index (κ3) is 2.35. The van der Waals surface area contributed by atoms with E-state index in [0.717, 1.165) is 0 Å². The normalized spacial score (nSPS) is 10.2. The van der Waals surface area contributed by atoms with Gasteiger partial charge in [-0.1, -0.05) is 37.6 Å². The Kier molecular flexibility index (Phi) is 3.81. The summed E-state index contributed by atoms with van der Waals surface area (Å²) in [5, 5.41) is 0. The lowest BCUT2D eigenvalue weighted by atomic mass is 10.0. The first-order chi connectivity index (χ1) is 5.88. The lowest BCUT2D eigenvalue weighted by Gasteiger charge is -2.05. The molecule has 1 aromatic rings. The molecule has 0 fully saturated rings. The van der Waals surface area contributed by atoms with Gasteiger partial charge in [0, 0.05) is 6.54 Å². The van der Waals surface area contributed by atoms with Crippen LogP contribution in [-0.4, -0.2) is 0 Å². The fourth-order valence-electron chi connectivity index (χ4n) is 1.37. The topological polar surface area (TPSA) is 26.0 Å². The molecular formula is C11H17N. The number of hydrogen-bond acceptors (Lipinski definition) is 1. The summed E-state index contributed by atoms with van der Waals surface area (Å²) in [5.41, 5.74) is 8.34. The molecule has 0 spiro atoms. The molecule has 0 amide bonds. The summed E-state index contributed by atoms with van der Waals surface area (Å²) in [6, 6.07) is 8.44. The Morgan fingerprint density at radius 2 is 1.83 bits per heavy atom. The Balaban J connectivity index is 2.68. The molecule has 66 valence electrons. The summed E-state index contributed by atoms with van der Waals surface area (Å²) in [6.07, 6.45) is 3.68. The van der Waals surface area contributed by atoms with Crippen molar-refractivity contribution in [1.29, 1.82) is 0 Å². The van der Waals surface area contributed by atoms with Crippen LogP contribution in [0.1, 0.15) is 30.9 Å². The molecule has 2 N–H and O–H groups in total. The zero-order valence-electron chi connectivity index (χ0n) is 7.72. The molecule has 0 saturated heterocycles. The van der Waals surface area contributed by atoms with E-state index in [0.29, 0.717) is 6.54 Å². The fraction of sp³-hybridized carbons (Fsp3) is 0.455. The Morgan fingerprint density at radius 3 is 2.42 bits per heavy atom. The van der Waals surface area contributed by atoms with Crippen molar-refractivity contribution in [3.05, 3.63) is 35.4 Å². The van der Waals surface area contributed by atoms with Crippen LogP contribution >= 0.6 is 0 Å². The lowest BCUT2D eigenvalue weighted by molar-refractivity contribution is 0.786. The third-order valence-corrected chi connectivity index (χ3v) is 2.14. The van der Waals surface area contributed by atoms with Gasteiger partial charge in [0.25, 0.3) is 0 Å². The molecule has 0 aliphatic rings. The Morgan fingerprint density at radius 1 is 1.17 bits per heavy atom. The Hall–Kier alpha value is -0.820. The zero-order chi connectivity index (χ0) is 8.81. The van der Waals surface area contributed by atoms with Gasteiger partial charge < -0.3 is 5.73 Å². The van der Waals surface area contributed by atoms with Crippen molar-refractivity contribution in [2.24, 2.45) is 5.73 Å². The molecule has 0 aromatic heterocycles. The molecular weight excluding hydrogens is 146 g/mol. The van der Waals surface area contributed by atoms with Crippen molar-refractivity contribution < 1.29 is 0 Å². The van der Waals surface area contributed by atoms with E-state index < -0.39 is 0 Å². The highest BCUT2D eigenvalue weighted by Crippen LogP contribution is 2.10. The van der Waals surface area contributed by atoms with Gasteiger partial charge in [-0.05, 0) is 24.0 Å². The summed E-state index contributed by atoms with van der Waals surface area (Å²) >= 11 is 0. The summed E-state index contributed by atoms with van der Waals surface area (Å²) < 4.78 is 0. The first-order valence-corrected chi connectivity index (χ1v) is 4.65. The van der Waals surface area contributed by atoms with Crippen LogP contribution in [0, 0.1) is 0 Å². The summed E-state index contributed by atoms with van der Waals surface area (Å²) in [6.45, 7) is 2.88. The second-order valence-corrected chi connectivity index (χ2v) is 3.08. The molecule has 0 heterocycles. The van der Waals surface area contributed by atoms with Crippen molar-refractivity contribution in [2.45, 2.75) is 32.7 Å². The maximum atomic E-state index is 5.62. The van der Waals surface area contributed by atoms with Gasteiger partial charge in [-0.3, -0.25) is 0 Å². The number of nitrogens with two attached hydrogens (primary N) is 1. The summed E-state index contributed by atoms with van der Waals surface area (Å²) in [7, 11) is 0. The molecule has 1 rings (SSSR count). The SMILES string of the molecule is CCCCc1ccccc1CN. The van der Waals surface area contributed by atoms with Crippen molar-refractivity contribution in [2.75, 3.05) is 0 Å². The molecule has 0 unspecified atom stereocenters. The standard InChI is InChI=1S/C11H17N/c1-2-3-6-10-7-4-5-8-11(10)9-12/h4-5,7-8H,2-3,6,9,12H2,1H3. The summed E-state index contributed by atoms with van der Waals surface area (Å²) in [4.78, 5) is 0. The number of hydrogen-bond donors (Lipinski definition) is 1. The highest BCUT2D eigenvalue weighted by atomic mass is 14.5. The maximum Gasteiger partial charge on any atom is 0.0180 e. The van der Waals surface area contributed by atoms with Gasteiger partial charge in [0.05, 0.1) is 0 Å². The van der Waals surface area contributed by atoms with Gasteiger partial charge in [0.2, 0.25) is 0 Å². The molecule has 12 heavy (non-hydrogen) atoms. The number of aryl methyl sites for hydroxylation is 1. The molecule has 0 radical (unpaired) electrons.